The van der Waals surface area contributed by atoms with E-state index in [1.807, 2.05) is 12.1 Å². The number of carbonyl (C=O) groups excluding carboxylic acids is 1. The zero-order valence-electron chi connectivity index (χ0n) is 11.4. The lowest BCUT2D eigenvalue weighted by atomic mass is 10.1. The van der Waals surface area contributed by atoms with Crippen LogP contribution in [0.25, 0.3) is 0 Å². The molecule has 0 aliphatic carbocycles. The molecule has 0 unspecified atom stereocenters. The normalized spacial score (nSPS) is 9.86. The second-order valence-corrected chi connectivity index (χ2v) is 5.51. The van der Waals surface area contributed by atoms with Crippen LogP contribution in [-0.4, -0.2) is 17.6 Å². The van der Waals surface area contributed by atoms with Crippen molar-refractivity contribution in [3.63, 3.8) is 0 Å². The molecule has 5 heteroatoms. The molecule has 1 aromatic heterocycles. The molecule has 2 aromatic rings. The van der Waals surface area contributed by atoms with Gasteiger partial charge in [-0.15, -0.1) is 11.3 Å². The summed E-state index contributed by atoms with van der Waals surface area (Å²) < 4.78 is 13.8. The molecule has 21 heavy (non-hydrogen) atoms. The van der Waals surface area contributed by atoms with E-state index in [4.69, 9.17) is 5.11 Å². The number of thiophene rings is 1. The first kappa shape index (κ1) is 15.2. The highest BCUT2D eigenvalue weighted by Gasteiger charge is 2.12. The van der Waals surface area contributed by atoms with E-state index >= 15 is 0 Å². The molecule has 0 radical (unpaired) electrons. The van der Waals surface area contributed by atoms with E-state index in [1.165, 1.54) is 17.4 Å². The first-order chi connectivity index (χ1) is 10.1. The molecule has 0 aliphatic heterocycles. The highest BCUT2D eigenvalue weighted by atomic mass is 32.1. The largest absolute Gasteiger partial charge is 0.384 e. The van der Waals surface area contributed by atoms with Gasteiger partial charge in [0.15, 0.2) is 0 Å². The summed E-state index contributed by atoms with van der Waals surface area (Å²) >= 11 is 1.42. The molecule has 0 fully saturated rings. The third kappa shape index (κ3) is 3.91. The predicted molar refractivity (Wildman–Crippen MR) is 80.6 cm³/mol. The second kappa shape index (κ2) is 7.02. The number of aliphatic hydroxyl groups excluding tert-OH is 1. The van der Waals surface area contributed by atoms with Gasteiger partial charge in [-0.05, 0) is 30.7 Å². The topological polar surface area (TPSA) is 49.3 Å². The van der Waals surface area contributed by atoms with Gasteiger partial charge in [-0.2, -0.15) is 0 Å². The fraction of sp³-hybridized carbons (Fsp3) is 0.188. The van der Waals surface area contributed by atoms with Crippen molar-refractivity contribution in [3.8, 4) is 11.8 Å². The summed E-state index contributed by atoms with van der Waals surface area (Å²) in [5, 5.41) is 11.3. The fourth-order valence-electron chi connectivity index (χ4n) is 1.75. The molecule has 1 aromatic carbocycles. The van der Waals surface area contributed by atoms with E-state index in [2.05, 4.69) is 17.2 Å². The van der Waals surface area contributed by atoms with Crippen molar-refractivity contribution in [1.29, 1.82) is 0 Å². The van der Waals surface area contributed by atoms with Crippen LogP contribution in [0.4, 0.5) is 4.39 Å². The smallest absolute Gasteiger partial charge is 0.254 e. The number of benzene rings is 1. The van der Waals surface area contributed by atoms with Crippen molar-refractivity contribution in [2.45, 2.75) is 13.5 Å². The van der Waals surface area contributed by atoms with Crippen molar-refractivity contribution in [2.24, 2.45) is 0 Å². The molecule has 1 heterocycles. The Labute approximate surface area is 126 Å². The van der Waals surface area contributed by atoms with Crippen LogP contribution in [0.5, 0.6) is 0 Å². The molecular weight excluding hydrogens is 289 g/mol. The second-order valence-electron chi connectivity index (χ2n) is 4.34. The molecule has 1 amide bonds. The molecule has 108 valence electrons. The third-order valence-corrected chi connectivity index (χ3v) is 3.81. The Morgan fingerprint density at radius 3 is 2.95 bits per heavy atom. The van der Waals surface area contributed by atoms with Gasteiger partial charge in [-0.3, -0.25) is 4.79 Å². The molecule has 3 nitrogen and oxygen atoms in total. The number of hydrogen-bond acceptors (Lipinski definition) is 3. The van der Waals surface area contributed by atoms with Crippen molar-refractivity contribution in [2.75, 3.05) is 6.61 Å². The van der Waals surface area contributed by atoms with Gasteiger partial charge in [0, 0.05) is 4.88 Å². The van der Waals surface area contributed by atoms with Gasteiger partial charge in [0.25, 0.3) is 5.91 Å². The van der Waals surface area contributed by atoms with Gasteiger partial charge < -0.3 is 10.4 Å². The number of hydrogen-bond donors (Lipinski definition) is 2. The zero-order chi connectivity index (χ0) is 15.2. The lowest BCUT2D eigenvalue weighted by Gasteiger charge is -2.06. The van der Waals surface area contributed by atoms with Gasteiger partial charge in [-0.1, -0.05) is 24.0 Å². The lowest BCUT2D eigenvalue weighted by molar-refractivity contribution is 0.0947. The SMILES string of the molecule is Cc1cccc(C(=O)NCc2ccc(C#CCO)s2)c1F. The van der Waals surface area contributed by atoms with Crippen LogP contribution >= 0.6 is 11.3 Å². The highest BCUT2D eigenvalue weighted by molar-refractivity contribution is 7.12. The Balaban J connectivity index is 2.01. The van der Waals surface area contributed by atoms with Crippen LogP contribution in [-0.2, 0) is 6.54 Å². The van der Waals surface area contributed by atoms with E-state index in [0.717, 1.165) is 9.75 Å². The minimum absolute atomic E-state index is 0.0480. The maximum absolute atomic E-state index is 13.8. The molecule has 2 N–H and O–H groups in total. The van der Waals surface area contributed by atoms with Crippen molar-refractivity contribution >= 4 is 17.2 Å². The summed E-state index contributed by atoms with van der Waals surface area (Å²) in [6.45, 7) is 1.76. The number of halogens is 1. The van der Waals surface area contributed by atoms with E-state index in [-0.39, 0.29) is 12.2 Å². The molecule has 0 spiro atoms. The minimum Gasteiger partial charge on any atom is -0.384 e. The maximum atomic E-state index is 13.8. The Bertz CT molecular complexity index is 713. The average Bonchev–Trinajstić information content (AvgIpc) is 2.93. The summed E-state index contributed by atoms with van der Waals surface area (Å²) in [6, 6.07) is 8.41. The number of aliphatic hydroxyl groups is 1. The van der Waals surface area contributed by atoms with Crippen molar-refractivity contribution < 1.29 is 14.3 Å². The van der Waals surface area contributed by atoms with E-state index in [1.54, 1.807) is 19.1 Å². The third-order valence-electron chi connectivity index (χ3n) is 2.81. The summed E-state index contributed by atoms with van der Waals surface area (Å²) in [6.07, 6.45) is 0. The molecule has 0 aliphatic rings. The molecular formula is C16H14FNO2S. The Hall–Kier alpha value is -2.16. The monoisotopic (exact) mass is 303 g/mol. The van der Waals surface area contributed by atoms with Crippen LogP contribution in [0.2, 0.25) is 0 Å². The zero-order valence-corrected chi connectivity index (χ0v) is 12.3. The predicted octanol–water partition coefficient (Wildman–Crippen LogP) is 2.47. The summed E-state index contributed by atoms with van der Waals surface area (Å²) in [4.78, 5) is 13.7. The van der Waals surface area contributed by atoms with E-state index in [9.17, 15) is 9.18 Å². The Morgan fingerprint density at radius 2 is 2.19 bits per heavy atom. The van der Waals surface area contributed by atoms with Gasteiger partial charge >= 0.3 is 0 Å². The van der Waals surface area contributed by atoms with E-state index in [0.29, 0.717) is 12.1 Å². The lowest BCUT2D eigenvalue weighted by Crippen LogP contribution is -2.23. The molecule has 0 saturated heterocycles. The highest BCUT2D eigenvalue weighted by Crippen LogP contribution is 2.16. The summed E-state index contributed by atoms with van der Waals surface area (Å²) in [5.74, 6) is 4.43. The molecule has 0 atom stereocenters. The summed E-state index contributed by atoms with van der Waals surface area (Å²) in [7, 11) is 0. The van der Waals surface area contributed by atoms with Crippen molar-refractivity contribution in [1.82, 2.24) is 5.32 Å². The first-order valence-electron chi connectivity index (χ1n) is 6.33. The van der Waals surface area contributed by atoms with Crippen LogP contribution in [0.3, 0.4) is 0 Å². The van der Waals surface area contributed by atoms with Crippen molar-refractivity contribution in [3.05, 3.63) is 57.0 Å². The molecule has 0 bridgehead atoms. The fourth-order valence-corrected chi connectivity index (χ4v) is 2.57. The van der Waals surface area contributed by atoms with Crippen LogP contribution in [0, 0.1) is 24.6 Å². The van der Waals surface area contributed by atoms with Gasteiger partial charge in [-0.25, -0.2) is 4.39 Å². The molecule has 0 saturated carbocycles. The van der Waals surface area contributed by atoms with Gasteiger partial charge in [0.2, 0.25) is 0 Å². The number of amides is 1. The summed E-state index contributed by atoms with van der Waals surface area (Å²) in [5.41, 5.74) is 0.493. The first-order valence-corrected chi connectivity index (χ1v) is 7.15. The molecule has 2 rings (SSSR count). The van der Waals surface area contributed by atoms with Crippen LogP contribution in [0.15, 0.2) is 30.3 Å². The quantitative estimate of drug-likeness (QED) is 0.856. The van der Waals surface area contributed by atoms with E-state index < -0.39 is 11.7 Å². The Kier molecular flexibility index (Phi) is 5.09. The van der Waals surface area contributed by atoms with Crippen LogP contribution in [0.1, 0.15) is 25.7 Å². The number of carbonyl (C=O) groups is 1. The maximum Gasteiger partial charge on any atom is 0.254 e. The number of rotatable bonds is 3. The van der Waals surface area contributed by atoms with Crippen LogP contribution < -0.4 is 5.32 Å². The minimum atomic E-state index is -0.490. The number of nitrogens with one attached hydrogen (secondary N) is 1. The standard InChI is InChI=1S/C16H14FNO2S/c1-11-4-2-6-14(15(11)17)16(20)18-10-13-8-7-12(21-13)5-3-9-19/h2,4,6-8,19H,9-10H2,1H3,(H,18,20). The van der Waals surface area contributed by atoms with Gasteiger partial charge in [0.05, 0.1) is 17.0 Å². The Morgan fingerprint density at radius 1 is 1.38 bits per heavy atom. The van der Waals surface area contributed by atoms with Gasteiger partial charge in [0.1, 0.15) is 12.4 Å². The average molecular weight is 303 g/mol. The number of aryl methyl sites for hydroxylation is 1.